The average molecular weight is 362 g/mol. The van der Waals surface area contributed by atoms with E-state index in [1.807, 2.05) is 31.2 Å². The second-order valence-electron chi connectivity index (χ2n) is 6.20. The van der Waals surface area contributed by atoms with E-state index in [4.69, 9.17) is 0 Å². The molecule has 1 aromatic carbocycles. The van der Waals surface area contributed by atoms with Crippen LogP contribution in [0.4, 0.5) is 5.82 Å². The molecule has 4 aromatic rings. The topological polar surface area (TPSA) is 109 Å². The van der Waals surface area contributed by atoms with Crippen LogP contribution >= 0.6 is 0 Å². The number of benzene rings is 1. The standard InChI is InChI=1S/C19H18N6O2/c1-12(10-26)25-11-21-24-18(25)16-7-4-8-17(22-16)23-19(27)14-9-20-15-6-3-2-5-13(14)15/h2-9,11-12,20,26H,10H2,1H3,(H,22,23,27)/t12-/m0/s1. The molecule has 1 amide bonds. The minimum atomic E-state index is -0.248. The normalized spacial score (nSPS) is 12.2. The first-order chi connectivity index (χ1) is 13.2. The molecule has 0 radical (unpaired) electrons. The van der Waals surface area contributed by atoms with Crippen LogP contribution in [0.1, 0.15) is 23.3 Å². The molecule has 0 aliphatic rings. The fourth-order valence-corrected chi connectivity index (χ4v) is 2.91. The van der Waals surface area contributed by atoms with Crippen LogP contribution in [0.15, 0.2) is 55.0 Å². The number of nitrogens with one attached hydrogen (secondary N) is 2. The molecule has 1 atom stereocenters. The molecule has 0 saturated carbocycles. The SMILES string of the molecule is C[C@@H](CO)n1cnnc1-c1cccc(NC(=O)c2c[nH]c3ccccc23)n1. The van der Waals surface area contributed by atoms with Crippen molar-refractivity contribution in [2.24, 2.45) is 0 Å². The van der Waals surface area contributed by atoms with Crippen molar-refractivity contribution < 1.29 is 9.90 Å². The van der Waals surface area contributed by atoms with Gasteiger partial charge >= 0.3 is 0 Å². The second kappa shape index (κ2) is 7.00. The van der Waals surface area contributed by atoms with Gasteiger partial charge in [0.2, 0.25) is 0 Å². The van der Waals surface area contributed by atoms with Crippen molar-refractivity contribution in [3.8, 4) is 11.5 Å². The van der Waals surface area contributed by atoms with Crippen LogP contribution in [0.2, 0.25) is 0 Å². The van der Waals surface area contributed by atoms with Crippen LogP contribution in [-0.4, -0.2) is 42.4 Å². The number of nitrogens with zero attached hydrogens (tertiary/aromatic N) is 4. The Labute approximate surface area is 154 Å². The van der Waals surface area contributed by atoms with Gasteiger partial charge in [-0.25, -0.2) is 4.98 Å². The molecule has 0 spiro atoms. The third-order valence-corrected chi connectivity index (χ3v) is 4.37. The summed E-state index contributed by atoms with van der Waals surface area (Å²) in [6.45, 7) is 1.82. The summed E-state index contributed by atoms with van der Waals surface area (Å²) in [4.78, 5) is 20.2. The van der Waals surface area contributed by atoms with E-state index >= 15 is 0 Å². The predicted octanol–water partition coefficient (Wildman–Crippen LogP) is 2.63. The zero-order valence-corrected chi connectivity index (χ0v) is 14.6. The lowest BCUT2D eigenvalue weighted by Crippen LogP contribution is -2.13. The van der Waals surface area contributed by atoms with Crippen molar-refractivity contribution in [1.82, 2.24) is 24.7 Å². The number of hydrogen-bond donors (Lipinski definition) is 3. The summed E-state index contributed by atoms with van der Waals surface area (Å²) < 4.78 is 1.74. The lowest BCUT2D eigenvalue weighted by Gasteiger charge is -2.12. The highest BCUT2D eigenvalue weighted by Crippen LogP contribution is 2.22. The van der Waals surface area contributed by atoms with Crippen LogP contribution in [-0.2, 0) is 0 Å². The maximum absolute atomic E-state index is 12.7. The van der Waals surface area contributed by atoms with E-state index in [-0.39, 0.29) is 18.6 Å². The molecule has 8 heteroatoms. The number of rotatable bonds is 5. The summed E-state index contributed by atoms with van der Waals surface area (Å²) in [5.41, 5.74) is 2.01. The number of carbonyl (C=O) groups excluding carboxylic acids is 1. The number of aromatic nitrogens is 5. The molecule has 3 N–H and O–H groups in total. The first kappa shape index (κ1) is 16.9. The van der Waals surface area contributed by atoms with Gasteiger partial charge in [-0.3, -0.25) is 4.79 Å². The highest BCUT2D eigenvalue weighted by molar-refractivity contribution is 6.12. The average Bonchev–Trinajstić information content (AvgIpc) is 3.35. The Hall–Kier alpha value is -3.52. The largest absolute Gasteiger partial charge is 0.394 e. The number of fused-ring (bicyclic) bond motifs is 1. The predicted molar refractivity (Wildman–Crippen MR) is 101 cm³/mol. The van der Waals surface area contributed by atoms with Gasteiger partial charge in [0.25, 0.3) is 5.91 Å². The number of aromatic amines is 1. The minimum Gasteiger partial charge on any atom is -0.394 e. The number of anilines is 1. The number of para-hydroxylation sites is 1. The van der Waals surface area contributed by atoms with Crippen molar-refractivity contribution in [2.75, 3.05) is 11.9 Å². The van der Waals surface area contributed by atoms with Crippen LogP contribution in [0, 0.1) is 0 Å². The molecule has 0 aliphatic carbocycles. The summed E-state index contributed by atoms with van der Waals surface area (Å²) in [5, 5.41) is 21.1. The van der Waals surface area contributed by atoms with Gasteiger partial charge in [-0.15, -0.1) is 10.2 Å². The molecule has 3 aromatic heterocycles. The Kier molecular flexibility index (Phi) is 4.39. The summed E-state index contributed by atoms with van der Waals surface area (Å²) in [7, 11) is 0. The molecule has 0 saturated heterocycles. The number of aliphatic hydroxyl groups is 1. The lowest BCUT2D eigenvalue weighted by atomic mass is 10.1. The van der Waals surface area contributed by atoms with E-state index in [2.05, 4.69) is 25.5 Å². The molecule has 0 aliphatic heterocycles. The smallest absolute Gasteiger partial charge is 0.258 e. The third-order valence-electron chi connectivity index (χ3n) is 4.37. The van der Waals surface area contributed by atoms with Gasteiger partial charge < -0.3 is 20.0 Å². The van der Waals surface area contributed by atoms with Gasteiger partial charge in [0.05, 0.1) is 18.2 Å². The molecular weight excluding hydrogens is 344 g/mol. The Bertz CT molecular complexity index is 1100. The van der Waals surface area contributed by atoms with E-state index in [1.165, 1.54) is 0 Å². The zero-order chi connectivity index (χ0) is 18.8. The van der Waals surface area contributed by atoms with Gasteiger partial charge in [-0.05, 0) is 25.1 Å². The van der Waals surface area contributed by atoms with E-state index in [9.17, 15) is 9.90 Å². The number of pyridine rings is 1. The first-order valence-corrected chi connectivity index (χ1v) is 8.52. The van der Waals surface area contributed by atoms with Crippen molar-refractivity contribution in [2.45, 2.75) is 13.0 Å². The van der Waals surface area contributed by atoms with Gasteiger partial charge in [-0.2, -0.15) is 0 Å². The Morgan fingerprint density at radius 1 is 1.26 bits per heavy atom. The Morgan fingerprint density at radius 2 is 2.11 bits per heavy atom. The third kappa shape index (κ3) is 3.18. The summed E-state index contributed by atoms with van der Waals surface area (Å²) in [5.74, 6) is 0.691. The van der Waals surface area contributed by atoms with Crippen LogP contribution in [0.5, 0.6) is 0 Å². The van der Waals surface area contributed by atoms with Crippen LogP contribution < -0.4 is 5.32 Å². The minimum absolute atomic E-state index is 0.0397. The maximum atomic E-state index is 12.7. The first-order valence-electron chi connectivity index (χ1n) is 8.52. The van der Waals surface area contributed by atoms with Crippen molar-refractivity contribution in [3.05, 3.63) is 60.6 Å². The Morgan fingerprint density at radius 3 is 2.96 bits per heavy atom. The summed E-state index contributed by atoms with van der Waals surface area (Å²) >= 11 is 0. The summed E-state index contributed by atoms with van der Waals surface area (Å²) in [6, 6.07) is 12.7. The molecule has 0 fully saturated rings. The van der Waals surface area contributed by atoms with E-state index in [0.717, 1.165) is 10.9 Å². The number of carbonyl (C=O) groups is 1. The number of amides is 1. The van der Waals surface area contributed by atoms with Gasteiger partial charge in [-0.1, -0.05) is 24.3 Å². The highest BCUT2D eigenvalue weighted by Gasteiger charge is 2.16. The number of H-pyrrole nitrogens is 1. The molecule has 136 valence electrons. The fraction of sp³-hybridized carbons (Fsp3) is 0.158. The number of hydrogen-bond acceptors (Lipinski definition) is 5. The maximum Gasteiger partial charge on any atom is 0.258 e. The molecule has 0 bridgehead atoms. The molecule has 3 heterocycles. The van der Waals surface area contributed by atoms with E-state index in [0.29, 0.717) is 22.9 Å². The second-order valence-corrected chi connectivity index (χ2v) is 6.20. The summed E-state index contributed by atoms with van der Waals surface area (Å²) in [6.07, 6.45) is 3.23. The molecule has 27 heavy (non-hydrogen) atoms. The lowest BCUT2D eigenvalue weighted by molar-refractivity contribution is 0.102. The van der Waals surface area contributed by atoms with Gasteiger partial charge in [0, 0.05) is 17.1 Å². The van der Waals surface area contributed by atoms with Crippen LogP contribution in [0.25, 0.3) is 22.4 Å². The number of aliphatic hydroxyl groups excluding tert-OH is 1. The molecule has 0 unspecified atom stereocenters. The van der Waals surface area contributed by atoms with E-state index in [1.54, 1.807) is 35.3 Å². The molecular formula is C19H18N6O2. The monoisotopic (exact) mass is 362 g/mol. The Balaban J connectivity index is 1.62. The van der Waals surface area contributed by atoms with Crippen molar-refractivity contribution >= 4 is 22.6 Å². The molecule has 8 nitrogen and oxygen atoms in total. The fourth-order valence-electron chi connectivity index (χ4n) is 2.91. The highest BCUT2D eigenvalue weighted by atomic mass is 16.3. The van der Waals surface area contributed by atoms with Crippen LogP contribution in [0.3, 0.4) is 0 Å². The van der Waals surface area contributed by atoms with E-state index < -0.39 is 0 Å². The molecule has 4 rings (SSSR count). The van der Waals surface area contributed by atoms with Crippen molar-refractivity contribution in [3.63, 3.8) is 0 Å². The van der Waals surface area contributed by atoms with Gasteiger partial charge in [0.1, 0.15) is 17.8 Å². The van der Waals surface area contributed by atoms with Crippen molar-refractivity contribution in [1.29, 1.82) is 0 Å². The zero-order valence-electron chi connectivity index (χ0n) is 14.6. The van der Waals surface area contributed by atoms with Gasteiger partial charge in [0.15, 0.2) is 5.82 Å². The quantitative estimate of drug-likeness (QED) is 0.506.